The summed E-state index contributed by atoms with van der Waals surface area (Å²) in [6, 6.07) is 9.68. The summed E-state index contributed by atoms with van der Waals surface area (Å²) >= 11 is 3.45. The molecule has 0 fully saturated rings. The Hall–Kier alpha value is -1.88. The van der Waals surface area contributed by atoms with Crippen molar-refractivity contribution in [3.63, 3.8) is 0 Å². The second kappa shape index (κ2) is 4.10. The van der Waals surface area contributed by atoms with Gasteiger partial charge in [0.1, 0.15) is 5.82 Å². The number of nitrogens with zero attached hydrogens (tertiary/aromatic N) is 3. The first-order valence-corrected chi connectivity index (χ1v) is 6.28. The third-order valence-corrected chi connectivity index (χ3v) is 3.29. The number of aromatic nitrogens is 3. The largest absolute Gasteiger partial charge is 0.399 e. The van der Waals surface area contributed by atoms with E-state index in [2.05, 4.69) is 25.9 Å². The molecule has 0 aliphatic carbocycles. The Morgan fingerprint density at radius 3 is 2.83 bits per heavy atom. The lowest BCUT2D eigenvalue weighted by Crippen LogP contribution is -1.94. The Kier molecular flexibility index (Phi) is 2.56. The molecule has 3 rings (SSSR count). The van der Waals surface area contributed by atoms with E-state index < -0.39 is 0 Å². The van der Waals surface area contributed by atoms with Gasteiger partial charge in [0.05, 0.1) is 5.52 Å². The van der Waals surface area contributed by atoms with Gasteiger partial charge in [-0.1, -0.05) is 15.9 Å². The van der Waals surface area contributed by atoms with Crippen molar-refractivity contribution >= 4 is 32.8 Å². The summed E-state index contributed by atoms with van der Waals surface area (Å²) in [5, 5.41) is 0. The number of nitrogens with two attached hydrogens (primary N) is 1. The van der Waals surface area contributed by atoms with Crippen molar-refractivity contribution in [2.75, 3.05) is 5.73 Å². The highest BCUT2D eigenvalue weighted by molar-refractivity contribution is 9.10. The van der Waals surface area contributed by atoms with Crippen molar-refractivity contribution in [3.05, 3.63) is 41.0 Å². The Morgan fingerprint density at radius 2 is 2.11 bits per heavy atom. The molecule has 0 aliphatic heterocycles. The highest BCUT2D eigenvalue weighted by Crippen LogP contribution is 2.27. The second-order valence-corrected chi connectivity index (χ2v) is 5.03. The summed E-state index contributed by atoms with van der Waals surface area (Å²) in [6.45, 7) is 0. The molecule has 0 spiro atoms. The van der Waals surface area contributed by atoms with Gasteiger partial charge in [0.25, 0.3) is 0 Å². The summed E-state index contributed by atoms with van der Waals surface area (Å²) < 4.78 is 2.96. The molecule has 5 heteroatoms. The standard InChI is InChI=1S/C13H11BrN4/c1-18-11-3-2-4-16-12(11)17-13(18)8-5-9(14)7-10(15)6-8/h2-7H,15H2,1H3. The van der Waals surface area contributed by atoms with Crippen LogP contribution in [-0.4, -0.2) is 14.5 Å². The van der Waals surface area contributed by atoms with Crippen LogP contribution in [0.15, 0.2) is 41.0 Å². The van der Waals surface area contributed by atoms with Crippen molar-refractivity contribution in [1.29, 1.82) is 0 Å². The molecule has 0 radical (unpaired) electrons. The van der Waals surface area contributed by atoms with Crippen LogP contribution in [0.4, 0.5) is 5.69 Å². The Balaban J connectivity index is 2.28. The molecule has 2 aromatic heterocycles. The van der Waals surface area contributed by atoms with E-state index in [1.54, 1.807) is 6.20 Å². The normalized spacial score (nSPS) is 11.0. The predicted octanol–water partition coefficient (Wildman–Crippen LogP) is 2.98. The number of aryl methyl sites for hydroxylation is 1. The molecule has 3 aromatic rings. The van der Waals surface area contributed by atoms with Crippen molar-refractivity contribution < 1.29 is 0 Å². The molecular weight excluding hydrogens is 292 g/mol. The van der Waals surface area contributed by atoms with Crippen molar-refractivity contribution in [3.8, 4) is 11.4 Å². The first kappa shape index (κ1) is 11.2. The maximum Gasteiger partial charge on any atom is 0.178 e. The van der Waals surface area contributed by atoms with Crippen LogP contribution in [0.5, 0.6) is 0 Å². The predicted molar refractivity (Wildman–Crippen MR) is 76.1 cm³/mol. The fourth-order valence-electron chi connectivity index (χ4n) is 2.03. The van der Waals surface area contributed by atoms with Gasteiger partial charge in [0, 0.05) is 29.0 Å². The van der Waals surface area contributed by atoms with E-state index in [0.717, 1.165) is 27.0 Å². The maximum absolute atomic E-state index is 5.86. The molecule has 2 N–H and O–H groups in total. The minimum atomic E-state index is 0.708. The highest BCUT2D eigenvalue weighted by Gasteiger charge is 2.11. The van der Waals surface area contributed by atoms with E-state index in [1.807, 2.05) is 41.9 Å². The molecule has 1 aromatic carbocycles. The quantitative estimate of drug-likeness (QED) is 0.703. The van der Waals surface area contributed by atoms with E-state index >= 15 is 0 Å². The third kappa shape index (κ3) is 1.76. The molecule has 4 nitrogen and oxygen atoms in total. The first-order chi connectivity index (χ1) is 8.65. The highest BCUT2D eigenvalue weighted by atomic mass is 79.9. The minimum Gasteiger partial charge on any atom is -0.399 e. The van der Waals surface area contributed by atoms with Gasteiger partial charge in [-0.15, -0.1) is 0 Å². The van der Waals surface area contributed by atoms with E-state index in [4.69, 9.17) is 5.73 Å². The average Bonchev–Trinajstić information content (AvgIpc) is 2.66. The Labute approximate surface area is 113 Å². The van der Waals surface area contributed by atoms with Crippen LogP contribution in [0.2, 0.25) is 0 Å². The van der Waals surface area contributed by atoms with Crippen molar-refractivity contribution in [2.24, 2.45) is 7.05 Å². The lowest BCUT2D eigenvalue weighted by atomic mass is 10.2. The summed E-state index contributed by atoms with van der Waals surface area (Å²) in [6.07, 6.45) is 1.74. The molecule has 0 atom stereocenters. The fraction of sp³-hybridized carbons (Fsp3) is 0.0769. The van der Waals surface area contributed by atoms with Gasteiger partial charge in [-0.3, -0.25) is 0 Å². The number of halogens is 1. The van der Waals surface area contributed by atoms with Crippen molar-refractivity contribution in [2.45, 2.75) is 0 Å². The molecule has 0 saturated carbocycles. The molecule has 0 unspecified atom stereocenters. The van der Waals surface area contributed by atoms with Crippen LogP contribution in [0.3, 0.4) is 0 Å². The Bertz CT molecular complexity index is 713. The summed E-state index contributed by atoms with van der Waals surface area (Å²) in [4.78, 5) is 8.80. The summed E-state index contributed by atoms with van der Waals surface area (Å²) in [5.74, 6) is 0.858. The summed E-state index contributed by atoms with van der Waals surface area (Å²) in [5.41, 5.74) is 9.29. The molecule has 0 bridgehead atoms. The molecule has 0 amide bonds. The van der Waals surface area contributed by atoms with Gasteiger partial charge in [0.15, 0.2) is 5.65 Å². The zero-order chi connectivity index (χ0) is 12.7. The SMILES string of the molecule is Cn1c(-c2cc(N)cc(Br)c2)nc2ncccc21. The van der Waals surface area contributed by atoms with Crippen LogP contribution >= 0.6 is 15.9 Å². The van der Waals surface area contributed by atoms with Crippen molar-refractivity contribution in [1.82, 2.24) is 14.5 Å². The lowest BCUT2D eigenvalue weighted by Gasteiger charge is -2.04. The number of rotatable bonds is 1. The van der Waals surface area contributed by atoms with Crippen LogP contribution in [0.1, 0.15) is 0 Å². The number of anilines is 1. The summed E-state index contributed by atoms with van der Waals surface area (Å²) in [7, 11) is 1.98. The number of nitrogen functional groups attached to an aromatic ring is 1. The molecule has 0 saturated heterocycles. The minimum absolute atomic E-state index is 0.708. The van der Waals surface area contributed by atoms with E-state index in [1.165, 1.54) is 0 Å². The van der Waals surface area contributed by atoms with Crippen LogP contribution in [0.25, 0.3) is 22.6 Å². The second-order valence-electron chi connectivity index (χ2n) is 4.11. The topological polar surface area (TPSA) is 56.7 Å². The number of fused-ring (bicyclic) bond motifs is 1. The van der Waals surface area contributed by atoms with E-state index in [0.29, 0.717) is 5.69 Å². The number of benzene rings is 1. The number of pyridine rings is 1. The van der Waals surface area contributed by atoms with Gasteiger partial charge in [-0.2, -0.15) is 0 Å². The van der Waals surface area contributed by atoms with Crippen LogP contribution in [0, 0.1) is 0 Å². The van der Waals surface area contributed by atoms with E-state index in [-0.39, 0.29) is 0 Å². The lowest BCUT2D eigenvalue weighted by molar-refractivity contribution is 0.959. The smallest absolute Gasteiger partial charge is 0.178 e. The number of hydrogen-bond donors (Lipinski definition) is 1. The van der Waals surface area contributed by atoms with E-state index in [9.17, 15) is 0 Å². The van der Waals surface area contributed by atoms with Gasteiger partial charge in [0.2, 0.25) is 0 Å². The average molecular weight is 303 g/mol. The molecule has 0 aliphatic rings. The molecule has 18 heavy (non-hydrogen) atoms. The fourth-order valence-corrected chi connectivity index (χ4v) is 2.54. The van der Waals surface area contributed by atoms with Gasteiger partial charge in [-0.25, -0.2) is 9.97 Å². The monoisotopic (exact) mass is 302 g/mol. The van der Waals surface area contributed by atoms with Crippen LogP contribution in [-0.2, 0) is 7.05 Å². The van der Waals surface area contributed by atoms with Gasteiger partial charge in [-0.05, 0) is 30.3 Å². The number of hydrogen-bond acceptors (Lipinski definition) is 3. The molecular formula is C13H11BrN4. The zero-order valence-corrected chi connectivity index (χ0v) is 11.3. The zero-order valence-electron chi connectivity index (χ0n) is 9.76. The van der Waals surface area contributed by atoms with Crippen LogP contribution < -0.4 is 5.73 Å². The first-order valence-electron chi connectivity index (χ1n) is 5.49. The van der Waals surface area contributed by atoms with Gasteiger partial charge >= 0.3 is 0 Å². The maximum atomic E-state index is 5.86. The molecule has 2 heterocycles. The van der Waals surface area contributed by atoms with Gasteiger partial charge < -0.3 is 10.3 Å². The third-order valence-electron chi connectivity index (χ3n) is 2.84. The molecule has 90 valence electrons. The number of imidazole rings is 1. The Morgan fingerprint density at radius 1 is 1.28 bits per heavy atom.